The molecule has 1 saturated heterocycles. The van der Waals surface area contributed by atoms with Gasteiger partial charge in [0.15, 0.2) is 0 Å². The first-order valence-corrected chi connectivity index (χ1v) is 9.78. The largest absolute Gasteiger partial charge is 0.469 e. The molecule has 1 amide bonds. The fourth-order valence-electron chi connectivity index (χ4n) is 3.59. The highest BCUT2D eigenvalue weighted by atomic mass is 16.5. The summed E-state index contributed by atoms with van der Waals surface area (Å²) in [5.74, 6) is -0.309. The predicted octanol–water partition coefficient (Wildman–Crippen LogP) is 2.73. The van der Waals surface area contributed by atoms with E-state index in [0.717, 1.165) is 48.6 Å². The zero-order valence-electron chi connectivity index (χ0n) is 16.8. The molecule has 0 saturated carbocycles. The molecule has 0 radical (unpaired) electrons. The molecule has 28 heavy (non-hydrogen) atoms. The summed E-state index contributed by atoms with van der Waals surface area (Å²) in [6, 6.07) is 7.43. The maximum Gasteiger partial charge on any atom is 0.305 e. The van der Waals surface area contributed by atoms with E-state index in [9.17, 15) is 9.59 Å². The molecule has 1 aliphatic rings. The summed E-state index contributed by atoms with van der Waals surface area (Å²) in [6.07, 6.45) is 4.40. The van der Waals surface area contributed by atoms with E-state index >= 15 is 0 Å². The van der Waals surface area contributed by atoms with E-state index < -0.39 is 0 Å². The Morgan fingerprint density at radius 3 is 2.43 bits per heavy atom. The molecule has 0 atom stereocenters. The summed E-state index contributed by atoms with van der Waals surface area (Å²) in [6.45, 7) is 5.74. The van der Waals surface area contributed by atoms with Gasteiger partial charge in [-0.1, -0.05) is 6.42 Å². The van der Waals surface area contributed by atoms with Gasteiger partial charge in [-0.05, 0) is 62.9 Å². The zero-order chi connectivity index (χ0) is 20.1. The monoisotopic (exact) mass is 384 g/mol. The first kappa shape index (κ1) is 20.1. The Morgan fingerprint density at radius 2 is 1.79 bits per heavy atom. The van der Waals surface area contributed by atoms with Crippen LogP contribution in [0.2, 0.25) is 0 Å². The van der Waals surface area contributed by atoms with E-state index in [1.54, 1.807) is 0 Å². The molecular formula is C21H28N4O3. The molecular weight excluding hydrogens is 356 g/mol. The van der Waals surface area contributed by atoms with Gasteiger partial charge in [-0.15, -0.1) is 0 Å². The number of ether oxygens (including phenoxy) is 1. The van der Waals surface area contributed by atoms with Crippen LogP contribution in [0.5, 0.6) is 0 Å². The number of nitrogens with zero attached hydrogens (tertiary/aromatic N) is 3. The third-order valence-corrected chi connectivity index (χ3v) is 5.24. The number of aryl methyl sites for hydroxylation is 1. The van der Waals surface area contributed by atoms with Gasteiger partial charge in [0.1, 0.15) is 0 Å². The number of carbonyl (C=O) groups is 2. The minimum Gasteiger partial charge on any atom is -0.469 e. The number of hydrogen-bond donors (Lipinski definition) is 1. The molecule has 2 heterocycles. The highest BCUT2D eigenvalue weighted by molar-refractivity contribution is 5.94. The molecule has 1 aromatic carbocycles. The normalized spacial score (nSPS) is 14.7. The van der Waals surface area contributed by atoms with Crippen LogP contribution in [-0.2, 0) is 16.0 Å². The highest BCUT2D eigenvalue weighted by Crippen LogP contribution is 2.20. The number of aromatic nitrogens is 2. The van der Waals surface area contributed by atoms with Crippen molar-refractivity contribution in [2.45, 2.75) is 46.0 Å². The summed E-state index contributed by atoms with van der Waals surface area (Å²) in [5.41, 5.74) is 7.44. The average Bonchev–Trinajstić information content (AvgIpc) is 3.00. The molecule has 1 N–H and O–H groups in total. The van der Waals surface area contributed by atoms with Crippen LogP contribution >= 0.6 is 0 Å². The second-order valence-electron chi connectivity index (χ2n) is 7.17. The molecule has 2 aromatic rings. The number of hydrogen-bond acceptors (Lipinski definition) is 5. The van der Waals surface area contributed by atoms with Crippen molar-refractivity contribution < 1.29 is 14.3 Å². The smallest absolute Gasteiger partial charge is 0.305 e. The van der Waals surface area contributed by atoms with E-state index in [-0.39, 0.29) is 11.9 Å². The van der Waals surface area contributed by atoms with Crippen molar-refractivity contribution in [1.29, 1.82) is 0 Å². The fourth-order valence-corrected chi connectivity index (χ4v) is 3.59. The van der Waals surface area contributed by atoms with Gasteiger partial charge in [-0.25, -0.2) is 9.69 Å². The number of esters is 1. The van der Waals surface area contributed by atoms with Crippen LogP contribution in [0.1, 0.15) is 53.0 Å². The number of carbonyl (C=O) groups excluding carboxylic acids is 2. The minimum atomic E-state index is -0.226. The number of hydrazine groups is 1. The molecule has 3 rings (SSSR count). The van der Waals surface area contributed by atoms with Crippen molar-refractivity contribution in [3.63, 3.8) is 0 Å². The van der Waals surface area contributed by atoms with Crippen LogP contribution < -0.4 is 5.43 Å². The Hall–Kier alpha value is -2.67. The maximum atomic E-state index is 12.4. The van der Waals surface area contributed by atoms with Crippen molar-refractivity contribution in [2.24, 2.45) is 0 Å². The molecule has 0 unspecified atom stereocenters. The maximum absolute atomic E-state index is 12.4. The van der Waals surface area contributed by atoms with Crippen LogP contribution in [-0.4, -0.2) is 46.9 Å². The highest BCUT2D eigenvalue weighted by Gasteiger charge is 2.16. The molecule has 1 aromatic heterocycles. The first-order chi connectivity index (χ1) is 13.5. The van der Waals surface area contributed by atoms with Gasteiger partial charge >= 0.3 is 5.97 Å². The van der Waals surface area contributed by atoms with Gasteiger partial charge in [0, 0.05) is 30.8 Å². The van der Waals surface area contributed by atoms with Gasteiger partial charge in [0.2, 0.25) is 0 Å². The molecule has 150 valence electrons. The fraction of sp³-hybridized carbons (Fsp3) is 0.476. The van der Waals surface area contributed by atoms with E-state index in [4.69, 9.17) is 4.74 Å². The Labute approximate surface area is 165 Å². The zero-order valence-corrected chi connectivity index (χ0v) is 16.8. The van der Waals surface area contributed by atoms with E-state index in [2.05, 4.69) is 10.5 Å². The average molecular weight is 384 g/mol. The lowest BCUT2D eigenvalue weighted by molar-refractivity contribution is -0.140. The van der Waals surface area contributed by atoms with Gasteiger partial charge in [0.05, 0.1) is 18.5 Å². The first-order valence-electron chi connectivity index (χ1n) is 9.78. The molecule has 0 spiro atoms. The third-order valence-electron chi connectivity index (χ3n) is 5.24. The number of nitrogens with one attached hydrogen (secondary N) is 1. The van der Waals surface area contributed by atoms with Crippen LogP contribution in [0.15, 0.2) is 24.3 Å². The summed E-state index contributed by atoms with van der Waals surface area (Å²) < 4.78 is 6.58. The number of piperidine rings is 1. The summed E-state index contributed by atoms with van der Waals surface area (Å²) >= 11 is 0. The third kappa shape index (κ3) is 4.59. The quantitative estimate of drug-likeness (QED) is 0.775. The van der Waals surface area contributed by atoms with E-state index in [1.165, 1.54) is 13.5 Å². The van der Waals surface area contributed by atoms with E-state index in [0.29, 0.717) is 18.4 Å². The van der Waals surface area contributed by atoms with Crippen LogP contribution in [0.25, 0.3) is 5.69 Å². The topological polar surface area (TPSA) is 76.5 Å². The van der Waals surface area contributed by atoms with Crippen molar-refractivity contribution >= 4 is 11.9 Å². The molecule has 1 fully saturated rings. The van der Waals surface area contributed by atoms with Crippen molar-refractivity contribution in [3.8, 4) is 5.69 Å². The van der Waals surface area contributed by atoms with Crippen LogP contribution in [0.3, 0.4) is 0 Å². The van der Waals surface area contributed by atoms with Crippen LogP contribution in [0.4, 0.5) is 0 Å². The Morgan fingerprint density at radius 1 is 1.11 bits per heavy atom. The number of rotatable bonds is 6. The van der Waals surface area contributed by atoms with E-state index in [1.807, 2.05) is 47.8 Å². The van der Waals surface area contributed by atoms with Gasteiger partial charge in [-0.2, -0.15) is 5.10 Å². The Kier molecular flexibility index (Phi) is 6.46. The predicted molar refractivity (Wildman–Crippen MR) is 106 cm³/mol. The molecule has 0 bridgehead atoms. The van der Waals surface area contributed by atoms with Gasteiger partial charge < -0.3 is 4.74 Å². The lowest BCUT2D eigenvalue weighted by Gasteiger charge is -2.26. The summed E-state index contributed by atoms with van der Waals surface area (Å²) in [5, 5.41) is 6.60. The molecule has 0 aliphatic carbocycles. The summed E-state index contributed by atoms with van der Waals surface area (Å²) in [4.78, 5) is 23.9. The standard InChI is InChI=1S/C21H28N4O3/c1-15-19(11-12-20(26)28-3)16(2)25(22-15)18-9-7-17(8-10-18)21(27)23-24-13-5-4-6-14-24/h7-10H,4-6,11-14H2,1-3H3,(H,23,27). The Balaban J connectivity index is 1.70. The second kappa shape index (κ2) is 9.01. The summed E-state index contributed by atoms with van der Waals surface area (Å²) in [7, 11) is 1.40. The SMILES string of the molecule is COC(=O)CCc1c(C)nn(-c2ccc(C(=O)NN3CCCCC3)cc2)c1C. The number of methoxy groups -OCH3 is 1. The molecule has 7 nitrogen and oxygen atoms in total. The van der Waals surface area contributed by atoms with Gasteiger partial charge in [0.25, 0.3) is 5.91 Å². The molecule has 1 aliphatic heterocycles. The molecule has 7 heteroatoms. The van der Waals surface area contributed by atoms with Crippen LogP contribution in [0, 0.1) is 13.8 Å². The lowest BCUT2D eigenvalue weighted by Crippen LogP contribution is -2.45. The van der Waals surface area contributed by atoms with Gasteiger partial charge in [-0.3, -0.25) is 15.0 Å². The van der Waals surface area contributed by atoms with Crippen molar-refractivity contribution in [2.75, 3.05) is 20.2 Å². The minimum absolute atomic E-state index is 0.0828. The number of amides is 1. The second-order valence-corrected chi connectivity index (χ2v) is 7.17. The number of benzene rings is 1. The Bertz CT molecular complexity index is 836. The van der Waals surface area contributed by atoms with Crippen molar-refractivity contribution in [1.82, 2.24) is 20.2 Å². The lowest BCUT2D eigenvalue weighted by atomic mass is 10.1. The van der Waals surface area contributed by atoms with Crippen molar-refractivity contribution in [3.05, 3.63) is 46.8 Å².